The van der Waals surface area contributed by atoms with Gasteiger partial charge in [-0.25, -0.2) is 33.2 Å². The fourth-order valence-electron chi connectivity index (χ4n) is 5.49. The Balaban J connectivity index is 1.35. The Kier molecular flexibility index (Phi) is 6.00. The third-order valence-electron chi connectivity index (χ3n) is 7.44. The number of ether oxygens (including phenoxy) is 1. The Bertz CT molecular complexity index is 1620. The van der Waals surface area contributed by atoms with Crippen LogP contribution in [0.15, 0.2) is 35.4 Å². The molecule has 2 aliphatic rings. The molecule has 5 N–H and O–H groups in total. The van der Waals surface area contributed by atoms with Gasteiger partial charge < -0.3 is 30.7 Å². The lowest BCUT2D eigenvalue weighted by Gasteiger charge is -2.29. The fourth-order valence-corrected chi connectivity index (χ4v) is 5.49. The van der Waals surface area contributed by atoms with E-state index in [4.69, 9.17) is 0 Å². The van der Waals surface area contributed by atoms with Crippen LogP contribution in [-0.2, 0) is 10.8 Å². The first-order valence-corrected chi connectivity index (χ1v) is 12.5. The van der Waals surface area contributed by atoms with E-state index < -0.39 is 30.1 Å². The van der Waals surface area contributed by atoms with Crippen molar-refractivity contribution < 1.29 is 29.2 Å². The number of nitrogens with zero attached hydrogens (tertiary/aromatic N) is 6. The average molecular weight is 543 g/mol. The standard InChI is InChI=1S/C24H27FN8O6/c1-39-22(34)28-14-3-4-15(8-14)31-17-9-20(26-11-18(17)32(23(31)35)24(36,37)38)29-19-5-2-12-10-27-33(21(12)30-19)16-6-13(25)7-16/h2,5,9-11,13-16,36-38H,3-4,6-8H2,1H3,(H,28,34)(H,26,29,30). The van der Waals surface area contributed by atoms with Crippen LogP contribution in [0.5, 0.6) is 0 Å². The van der Waals surface area contributed by atoms with Crippen LogP contribution in [0.25, 0.3) is 22.1 Å². The van der Waals surface area contributed by atoms with Gasteiger partial charge in [-0.15, -0.1) is 0 Å². The van der Waals surface area contributed by atoms with Crippen molar-refractivity contribution in [3.63, 3.8) is 0 Å². The van der Waals surface area contributed by atoms with Gasteiger partial charge in [0.2, 0.25) is 0 Å². The van der Waals surface area contributed by atoms with Crippen LogP contribution >= 0.6 is 0 Å². The second-order valence-corrected chi connectivity index (χ2v) is 9.99. The average Bonchev–Trinajstić information content (AvgIpc) is 3.56. The molecule has 2 atom stereocenters. The maximum atomic E-state index is 13.4. The van der Waals surface area contributed by atoms with Crippen LogP contribution in [0, 0.1) is 0 Å². The SMILES string of the molecule is COC(=O)NC1CCC(n2c(=O)n(C(O)(O)O)c3cnc(Nc4ccc5cnn(C6CC(F)C6)c5n4)cc32)C1. The molecule has 14 nitrogen and oxygen atoms in total. The highest BCUT2D eigenvalue weighted by molar-refractivity contribution is 5.81. The normalized spacial score (nSPS) is 23.2. The van der Waals surface area contributed by atoms with Crippen molar-refractivity contribution in [2.45, 2.75) is 62.5 Å². The second kappa shape index (κ2) is 9.29. The number of carbonyl (C=O) groups is 1. The van der Waals surface area contributed by atoms with Crippen molar-refractivity contribution in [2.75, 3.05) is 12.4 Å². The zero-order valence-corrected chi connectivity index (χ0v) is 20.9. The van der Waals surface area contributed by atoms with E-state index in [1.165, 1.54) is 17.9 Å². The molecule has 1 amide bonds. The number of aromatic nitrogens is 6. The van der Waals surface area contributed by atoms with Gasteiger partial charge in [0.1, 0.15) is 17.8 Å². The number of fused-ring (bicyclic) bond motifs is 2. The molecular weight excluding hydrogens is 515 g/mol. The Morgan fingerprint density at radius 2 is 1.90 bits per heavy atom. The molecule has 0 radical (unpaired) electrons. The highest BCUT2D eigenvalue weighted by Crippen LogP contribution is 2.36. The van der Waals surface area contributed by atoms with Gasteiger partial charge >= 0.3 is 17.9 Å². The molecule has 4 heterocycles. The van der Waals surface area contributed by atoms with Crippen molar-refractivity contribution in [2.24, 2.45) is 0 Å². The highest BCUT2D eigenvalue weighted by atomic mass is 19.1. The molecule has 4 aromatic heterocycles. The van der Waals surface area contributed by atoms with Crippen LogP contribution < -0.4 is 16.3 Å². The number of anilines is 2. The number of nitrogens with one attached hydrogen (secondary N) is 2. The van der Waals surface area contributed by atoms with Crippen LogP contribution in [0.1, 0.15) is 44.2 Å². The molecule has 15 heteroatoms. The van der Waals surface area contributed by atoms with Gasteiger partial charge in [-0.2, -0.15) is 5.10 Å². The summed E-state index contributed by atoms with van der Waals surface area (Å²) < 4.78 is 21.6. The number of alkyl carbamates (subject to hydrolysis) is 1. The van der Waals surface area contributed by atoms with E-state index in [1.807, 2.05) is 6.07 Å². The van der Waals surface area contributed by atoms with Crippen LogP contribution in [0.2, 0.25) is 0 Å². The Morgan fingerprint density at radius 3 is 2.62 bits per heavy atom. The van der Waals surface area contributed by atoms with Gasteiger partial charge in [0, 0.05) is 36.4 Å². The van der Waals surface area contributed by atoms with E-state index in [0.29, 0.717) is 54.0 Å². The van der Waals surface area contributed by atoms with Crippen LogP contribution in [0.4, 0.5) is 20.8 Å². The molecule has 2 saturated carbocycles. The molecule has 2 unspecified atom stereocenters. The lowest BCUT2D eigenvalue weighted by atomic mass is 9.91. The third kappa shape index (κ3) is 4.47. The topological polar surface area (TPSA) is 182 Å². The summed E-state index contributed by atoms with van der Waals surface area (Å²) in [6.45, 7) is 0. The molecule has 0 saturated heterocycles. The fraction of sp³-hybridized carbons (Fsp3) is 0.458. The third-order valence-corrected chi connectivity index (χ3v) is 7.44. The zero-order chi connectivity index (χ0) is 27.5. The van der Waals surface area contributed by atoms with Gasteiger partial charge in [-0.3, -0.25) is 4.57 Å². The molecule has 6 rings (SSSR count). The van der Waals surface area contributed by atoms with Crippen molar-refractivity contribution >= 4 is 39.8 Å². The predicted molar refractivity (Wildman–Crippen MR) is 135 cm³/mol. The number of carbonyl (C=O) groups excluding carboxylic acids is 1. The summed E-state index contributed by atoms with van der Waals surface area (Å²) in [4.78, 5) is 33.9. The largest absolute Gasteiger partial charge is 0.453 e. The molecule has 4 aromatic rings. The van der Waals surface area contributed by atoms with Gasteiger partial charge in [-0.05, 0) is 31.4 Å². The lowest BCUT2D eigenvalue weighted by Crippen LogP contribution is -2.41. The Labute approximate surface area is 219 Å². The minimum absolute atomic E-state index is 0.00493. The quantitative estimate of drug-likeness (QED) is 0.223. The number of imidazole rings is 1. The van der Waals surface area contributed by atoms with Gasteiger partial charge in [0.05, 0.1) is 36.6 Å². The number of halogens is 1. The first kappa shape index (κ1) is 25.2. The van der Waals surface area contributed by atoms with Crippen LogP contribution in [-0.4, -0.2) is 69.6 Å². The lowest BCUT2D eigenvalue weighted by molar-refractivity contribution is -0.374. The van der Waals surface area contributed by atoms with E-state index >= 15 is 0 Å². The summed E-state index contributed by atoms with van der Waals surface area (Å²) in [5.41, 5.74) is 0.0315. The Morgan fingerprint density at radius 1 is 1.10 bits per heavy atom. The highest BCUT2D eigenvalue weighted by Gasteiger charge is 2.35. The van der Waals surface area contributed by atoms with Gasteiger partial charge in [0.25, 0.3) is 0 Å². The van der Waals surface area contributed by atoms with E-state index in [2.05, 4.69) is 30.4 Å². The second-order valence-electron chi connectivity index (χ2n) is 9.99. The molecule has 0 aliphatic heterocycles. The van der Waals surface area contributed by atoms with Gasteiger partial charge in [-0.1, -0.05) is 0 Å². The molecule has 0 spiro atoms. The van der Waals surface area contributed by atoms with E-state index in [9.17, 15) is 29.3 Å². The van der Waals surface area contributed by atoms with Crippen LogP contribution in [0.3, 0.4) is 0 Å². The number of hydrogen-bond acceptors (Lipinski definition) is 10. The Hall–Kier alpha value is -4.08. The molecule has 0 aromatic carbocycles. The van der Waals surface area contributed by atoms with E-state index in [0.717, 1.165) is 5.39 Å². The first-order valence-electron chi connectivity index (χ1n) is 12.5. The van der Waals surface area contributed by atoms with E-state index in [1.54, 1.807) is 23.0 Å². The summed E-state index contributed by atoms with van der Waals surface area (Å²) >= 11 is 0. The predicted octanol–water partition coefficient (Wildman–Crippen LogP) is 1.35. The monoisotopic (exact) mass is 542 g/mol. The number of pyridine rings is 2. The summed E-state index contributed by atoms with van der Waals surface area (Å²) in [6, 6.07) is 4.39. The van der Waals surface area contributed by atoms with Crippen molar-refractivity contribution in [3.05, 3.63) is 41.1 Å². The van der Waals surface area contributed by atoms with Gasteiger partial charge in [0.15, 0.2) is 5.65 Å². The summed E-state index contributed by atoms with van der Waals surface area (Å²) in [7, 11) is 1.26. The summed E-state index contributed by atoms with van der Waals surface area (Å²) in [5, 5.41) is 40.8. The van der Waals surface area contributed by atoms with E-state index in [-0.39, 0.29) is 23.1 Å². The molecule has 2 fully saturated rings. The summed E-state index contributed by atoms with van der Waals surface area (Å²) in [6.07, 6.45) is 0.295. The number of aliphatic hydroxyl groups is 3. The molecule has 206 valence electrons. The summed E-state index contributed by atoms with van der Waals surface area (Å²) in [5.74, 6) is 0.741. The van der Waals surface area contributed by atoms with Crippen molar-refractivity contribution in [1.29, 1.82) is 0 Å². The number of rotatable bonds is 6. The molecule has 0 bridgehead atoms. The number of methoxy groups -OCH3 is 1. The smallest absolute Gasteiger partial charge is 0.407 e. The minimum atomic E-state index is -3.45. The number of hydrogen-bond donors (Lipinski definition) is 5. The number of amides is 1. The first-order chi connectivity index (χ1) is 18.6. The maximum Gasteiger partial charge on any atom is 0.407 e. The van der Waals surface area contributed by atoms with Crippen molar-refractivity contribution in [3.8, 4) is 0 Å². The maximum absolute atomic E-state index is 13.4. The molecular formula is C24H27FN8O6. The van der Waals surface area contributed by atoms with Crippen molar-refractivity contribution in [1.82, 2.24) is 34.2 Å². The minimum Gasteiger partial charge on any atom is -0.453 e. The number of alkyl halides is 1. The molecule has 2 aliphatic carbocycles. The molecule has 39 heavy (non-hydrogen) atoms. The zero-order valence-electron chi connectivity index (χ0n) is 20.9.